The van der Waals surface area contributed by atoms with E-state index in [1.165, 1.54) is 4.70 Å². The summed E-state index contributed by atoms with van der Waals surface area (Å²) >= 11 is 7.96. The van der Waals surface area contributed by atoms with Crippen LogP contribution in [0.5, 0.6) is 0 Å². The highest BCUT2D eigenvalue weighted by molar-refractivity contribution is 7.23. The summed E-state index contributed by atoms with van der Waals surface area (Å²) in [6, 6.07) is 26.3. The molecule has 34 heavy (non-hydrogen) atoms. The number of imidazole rings is 1. The van der Waals surface area contributed by atoms with E-state index in [0.717, 1.165) is 43.7 Å². The van der Waals surface area contributed by atoms with Gasteiger partial charge in [-0.15, -0.1) is 5.10 Å². The molecule has 0 saturated heterocycles. The minimum absolute atomic E-state index is 0.353. The summed E-state index contributed by atoms with van der Waals surface area (Å²) in [5.74, 6) is 0. The molecule has 0 saturated carbocycles. The van der Waals surface area contributed by atoms with Crippen LogP contribution in [0.15, 0.2) is 85.1 Å². The average Bonchev–Trinajstić information content (AvgIpc) is 3.56. The van der Waals surface area contributed by atoms with Crippen LogP contribution < -0.4 is 0 Å². The molecule has 0 radical (unpaired) electrons. The van der Waals surface area contributed by atoms with Gasteiger partial charge >= 0.3 is 0 Å². The maximum atomic E-state index is 6.27. The van der Waals surface area contributed by atoms with E-state index >= 15 is 0 Å². The van der Waals surface area contributed by atoms with Crippen LogP contribution in [0.1, 0.15) is 17.0 Å². The van der Waals surface area contributed by atoms with Gasteiger partial charge in [-0.3, -0.25) is 4.40 Å². The zero-order valence-electron chi connectivity index (χ0n) is 18.1. The first-order valence-electron chi connectivity index (χ1n) is 10.9. The van der Waals surface area contributed by atoms with Gasteiger partial charge in [0.25, 0.3) is 0 Å². The van der Waals surface area contributed by atoms with Crippen molar-refractivity contribution >= 4 is 38.1 Å². The molecule has 168 valence electrons. The van der Waals surface area contributed by atoms with Crippen molar-refractivity contribution in [2.75, 3.05) is 0 Å². The third-order valence-electron chi connectivity index (χ3n) is 5.66. The lowest BCUT2D eigenvalue weighted by atomic mass is 10.1. The van der Waals surface area contributed by atoms with E-state index in [2.05, 4.69) is 51.1 Å². The maximum Gasteiger partial charge on any atom is 0.195 e. The van der Waals surface area contributed by atoms with E-state index in [0.29, 0.717) is 19.8 Å². The summed E-state index contributed by atoms with van der Waals surface area (Å²) in [4.78, 5) is 5.92. The fourth-order valence-electron chi connectivity index (χ4n) is 4.07. The molecule has 0 fully saturated rings. The van der Waals surface area contributed by atoms with Crippen LogP contribution in [0.2, 0.25) is 5.02 Å². The highest BCUT2D eigenvalue weighted by Crippen LogP contribution is 2.33. The minimum Gasteiger partial charge on any atom is -0.369 e. The Hall–Kier alpha value is -3.52. The van der Waals surface area contributed by atoms with Crippen molar-refractivity contribution in [1.82, 2.24) is 24.4 Å². The number of halogens is 1. The summed E-state index contributed by atoms with van der Waals surface area (Å²) in [5.41, 5.74) is 5.96. The largest absolute Gasteiger partial charge is 0.369 e. The average molecular weight is 486 g/mol. The van der Waals surface area contributed by atoms with E-state index in [-0.39, 0.29) is 0 Å². The van der Waals surface area contributed by atoms with Gasteiger partial charge in [-0.1, -0.05) is 88.8 Å². The van der Waals surface area contributed by atoms with Crippen LogP contribution in [0.3, 0.4) is 0 Å². The second kappa shape index (κ2) is 9.02. The second-order valence-corrected chi connectivity index (χ2v) is 9.37. The Bertz CT molecular complexity index is 1590. The van der Waals surface area contributed by atoms with Crippen LogP contribution in [0.4, 0.5) is 0 Å². The normalized spacial score (nSPS) is 11.6. The summed E-state index contributed by atoms with van der Waals surface area (Å²) in [5, 5.41) is 9.22. The predicted molar refractivity (Wildman–Crippen MR) is 135 cm³/mol. The number of aromatic nitrogens is 5. The Labute approximate surface area is 205 Å². The Morgan fingerprint density at radius 2 is 1.68 bits per heavy atom. The van der Waals surface area contributed by atoms with Gasteiger partial charge in [0.15, 0.2) is 4.96 Å². The molecule has 6 aromatic rings. The second-order valence-electron chi connectivity index (χ2n) is 7.95. The molecule has 3 heterocycles. The number of rotatable bonds is 7. The topological polar surface area (TPSA) is 57.2 Å². The van der Waals surface area contributed by atoms with Crippen molar-refractivity contribution in [3.05, 3.63) is 107 Å². The first kappa shape index (κ1) is 21.0. The lowest BCUT2D eigenvalue weighted by Gasteiger charge is -2.06. The number of para-hydroxylation sites is 1. The molecular formula is C26H20ClN5OS. The Morgan fingerprint density at radius 3 is 2.56 bits per heavy atom. The lowest BCUT2D eigenvalue weighted by Crippen LogP contribution is -2.01. The Balaban J connectivity index is 1.25. The van der Waals surface area contributed by atoms with Gasteiger partial charge in [0.1, 0.15) is 5.69 Å². The molecule has 0 aliphatic heterocycles. The van der Waals surface area contributed by atoms with Gasteiger partial charge in [-0.05, 0) is 23.8 Å². The van der Waals surface area contributed by atoms with Crippen molar-refractivity contribution in [1.29, 1.82) is 0 Å². The molecule has 0 bridgehead atoms. The third-order valence-corrected chi connectivity index (χ3v) is 7.05. The SMILES string of the molecule is Clc1ccccc1Cn1cc(COCc2c(-c3ccccc3)nc3sc4ccccc4n23)nn1. The highest BCUT2D eigenvalue weighted by atomic mass is 35.5. The molecule has 0 spiro atoms. The Kier molecular flexibility index (Phi) is 5.58. The number of benzene rings is 3. The summed E-state index contributed by atoms with van der Waals surface area (Å²) in [7, 11) is 0. The number of hydrogen-bond donors (Lipinski definition) is 0. The molecule has 0 atom stereocenters. The van der Waals surface area contributed by atoms with Crippen molar-refractivity contribution in [2.45, 2.75) is 19.8 Å². The molecule has 8 heteroatoms. The van der Waals surface area contributed by atoms with Crippen LogP contribution >= 0.6 is 22.9 Å². The van der Waals surface area contributed by atoms with Gasteiger partial charge in [0.05, 0.1) is 47.6 Å². The van der Waals surface area contributed by atoms with Gasteiger partial charge in [-0.25, -0.2) is 9.67 Å². The first-order valence-corrected chi connectivity index (χ1v) is 12.1. The molecular weight excluding hydrogens is 466 g/mol. The van der Waals surface area contributed by atoms with Gasteiger partial charge in [0.2, 0.25) is 0 Å². The standard InChI is InChI=1S/C26H20ClN5OS/c27-21-11-5-4-10-19(21)14-31-15-20(29-30-31)16-33-17-23-25(18-8-2-1-3-9-18)28-26-32(23)22-12-6-7-13-24(22)34-26/h1-13,15H,14,16-17H2. The van der Waals surface area contributed by atoms with E-state index in [1.54, 1.807) is 16.0 Å². The van der Waals surface area contributed by atoms with Crippen molar-refractivity contribution in [2.24, 2.45) is 0 Å². The van der Waals surface area contributed by atoms with E-state index in [1.807, 2.05) is 48.7 Å². The van der Waals surface area contributed by atoms with E-state index < -0.39 is 0 Å². The third kappa shape index (κ3) is 3.98. The van der Waals surface area contributed by atoms with Crippen LogP contribution in [0, 0.1) is 0 Å². The molecule has 6 rings (SSSR count). The van der Waals surface area contributed by atoms with Crippen molar-refractivity contribution < 1.29 is 4.74 Å². The summed E-state index contributed by atoms with van der Waals surface area (Å²) < 4.78 is 11.3. The first-order chi connectivity index (χ1) is 16.8. The van der Waals surface area contributed by atoms with E-state index in [4.69, 9.17) is 21.3 Å². The molecule has 3 aromatic carbocycles. The molecule has 3 aromatic heterocycles. The van der Waals surface area contributed by atoms with Crippen LogP contribution in [0.25, 0.3) is 26.4 Å². The summed E-state index contributed by atoms with van der Waals surface area (Å²) in [6.45, 7) is 1.32. The molecule has 0 amide bonds. The van der Waals surface area contributed by atoms with Crippen LogP contribution in [-0.2, 0) is 24.5 Å². The zero-order valence-corrected chi connectivity index (χ0v) is 19.7. The maximum absolute atomic E-state index is 6.27. The quantitative estimate of drug-likeness (QED) is 0.269. The molecule has 0 N–H and O–H groups in total. The van der Waals surface area contributed by atoms with Gasteiger partial charge in [-0.2, -0.15) is 0 Å². The molecule has 0 aliphatic rings. The smallest absolute Gasteiger partial charge is 0.195 e. The Morgan fingerprint density at radius 1 is 0.882 bits per heavy atom. The van der Waals surface area contributed by atoms with Crippen molar-refractivity contribution in [3.63, 3.8) is 0 Å². The molecule has 0 aliphatic carbocycles. The van der Waals surface area contributed by atoms with Crippen molar-refractivity contribution in [3.8, 4) is 11.3 Å². The fraction of sp³-hybridized carbons (Fsp3) is 0.115. The highest BCUT2D eigenvalue weighted by Gasteiger charge is 2.18. The molecule has 6 nitrogen and oxygen atoms in total. The minimum atomic E-state index is 0.353. The fourth-order valence-corrected chi connectivity index (χ4v) is 5.31. The summed E-state index contributed by atoms with van der Waals surface area (Å²) in [6.07, 6.45) is 1.90. The van der Waals surface area contributed by atoms with Gasteiger partial charge < -0.3 is 4.74 Å². The predicted octanol–water partition coefficient (Wildman–Crippen LogP) is 6.23. The number of hydrogen-bond acceptors (Lipinski definition) is 5. The van der Waals surface area contributed by atoms with Crippen LogP contribution in [-0.4, -0.2) is 24.4 Å². The monoisotopic (exact) mass is 485 g/mol. The molecule has 0 unspecified atom stereocenters. The van der Waals surface area contributed by atoms with Gasteiger partial charge in [0, 0.05) is 10.6 Å². The zero-order chi connectivity index (χ0) is 22.9. The number of fused-ring (bicyclic) bond motifs is 3. The van der Waals surface area contributed by atoms with E-state index in [9.17, 15) is 0 Å². The number of nitrogens with zero attached hydrogens (tertiary/aromatic N) is 5. The number of ether oxygens (including phenoxy) is 1. The lowest BCUT2D eigenvalue weighted by molar-refractivity contribution is 0.102. The number of thiazole rings is 1.